The van der Waals surface area contributed by atoms with Gasteiger partial charge in [-0.15, -0.1) is 0 Å². The van der Waals surface area contributed by atoms with E-state index in [1.165, 1.54) is 25.9 Å². The van der Waals surface area contributed by atoms with Crippen LogP contribution < -0.4 is 5.73 Å². The molecule has 1 saturated carbocycles. The number of nitrogens with zero attached hydrogens (tertiary/aromatic N) is 1. The summed E-state index contributed by atoms with van der Waals surface area (Å²) in [6.07, 6.45) is 4.11. The maximum atomic E-state index is 10.8. The van der Waals surface area contributed by atoms with Gasteiger partial charge in [0.05, 0.1) is 11.1 Å². The number of piperidine rings is 3. The third-order valence-corrected chi connectivity index (χ3v) is 5.21. The average molecular weight is 224 g/mol. The molecule has 4 fully saturated rings. The first-order chi connectivity index (χ1) is 7.35. The number of rotatable bonds is 1. The van der Waals surface area contributed by atoms with Gasteiger partial charge in [0.15, 0.2) is 0 Å². The summed E-state index contributed by atoms with van der Waals surface area (Å²) < 4.78 is 0. The van der Waals surface area contributed by atoms with Crippen LogP contribution in [0.25, 0.3) is 0 Å². The van der Waals surface area contributed by atoms with Crippen molar-refractivity contribution in [1.29, 1.82) is 0 Å². The van der Waals surface area contributed by atoms with Gasteiger partial charge < -0.3 is 15.7 Å². The van der Waals surface area contributed by atoms with E-state index in [-0.39, 0.29) is 11.0 Å². The van der Waals surface area contributed by atoms with Crippen molar-refractivity contribution in [2.75, 3.05) is 19.6 Å². The number of hydrogen-bond acceptors (Lipinski definition) is 3. The molecule has 3 nitrogen and oxygen atoms in total. The Morgan fingerprint density at radius 2 is 1.75 bits per heavy atom. The van der Waals surface area contributed by atoms with E-state index in [1.807, 2.05) is 0 Å². The monoisotopic (exact) mass is 224 g/mol. The van der Waals surface area contributed by atoms with Gasteiger partial charge in [0.2, 0.25) is 0 Å². The Kier molecular flexibility index (Phi) is 2.07. The lowest BCUT2D eigenvalue weighted by molar-refractivity contribution is -0.199. The fourth-order valence-corrected chi connectivity index (χ4v) is 4.49. The summed E-state index contributed by atoms with van der Waals surface area (Å²) in [6, 6.07) is 0. The third kappa shape index (κ3) is 1.31. The average Bonchev–Trinajstić information content (AvgIpc) is 2.15. The number of nitrogens with two attached hydrogens (primary N) is 1. The molecule has 1 aliphatic carbocycles. The largest absolute Gasteiger partial charge is 0.388 e. The molecule has 0 amide bonds. The Morgan fingerprint density at radius 1 is 1.19 bits per heavy atom. The van der Waals surface area contributed by atoms with Crippen molar-refractivity contribution in [1.82, 2.24) is 4.90 Å². The molecular formula is C13H24N2O. The molecule has 0 aromatic carbocycles. The van der Waals surface area contributed by atoms with Gasteiger partial charge in [-0.05, 0) is 50.1 Å². The Labute approximate surface area is 98.0 Å². The first-order valence-electron chi connectivity index (χ1n) is 6.58. The summed E-state index contributed by atoms with van der Waals surface area (Å²) in [7, 11) is 0. The molecule has 0 aromatic rings. The van der Waals surface area contributed by atoms with Crippen LogP contribution in [0.3, 0.4) is 0 Å². The SMILES string of the molecule is CC1(C)CC(O)(C2(N)CN3CCC2CC3)C1. The minimum Gasteiger partial charge on any atom is -0.388 e. The van der Waals surface area contributed by atoms with Crippen LogP contribution in [0.5, 0.6) is 0 Å². The van der Waals surface area contributed by atoms with Gasteiger partial charge in [-0.2, -0.15) is 0 Å². The van der Waals surface area contributed by atoms with Crippen molar-refractivity contribution in [2.24, 2.45) is 17.1 Å². The molecule has 0 aromatic heterocycles. The Morgan fingerprint density at radius 3 is 2.12 bits per heavy atom. The van der Waals surface area contributed by atoms with Gasteiger partial charge in [0.1, 0.15) is 0 Å². The van der Waals surface area contributed by atoms with Crippen LogP contribution in [-0.2, 0) is 0 Å². The third-order valence-electron chi connectivity index (χ3n) is 5.21. The lowest BCUT2D eigenvalue weighted by atomic mass is 9.50. The fraction of sp³-hybridized carbons (Fsp3) is 1.00. The van der Waals surface area contributed by atoms with Crippen LogP contribution in [0.2, 0.25) is 0 Å². The minimum absolute atomic E-state index is 0.285. The molecule has 0 spiro atoms. The summed E-state index contributed by atoms with van der Waals surface area (Å²) in [6.45, 7) is 7.73. The number of fused-ring (bicyclic) bond motifs is 3. The molecule has 3 N–H and O–H groups in total. The zero-order valence-corrected chi connectivity index (χ0v) is 10.5. The lowest BCUT2D eigenvalue weighted by Crippen LogP contribution is -2.78. The van der Waals surface area contributed by atoms with Gasteiger partial charge >= 0.3 is 0 Å². The second-order valence-corrected chi connectivity index (χ2v) is 7.14. The maximum absolute atomic E-state index is 10.8. The van der Waals surface area contributed by atoms with E-state index >= 15 is 0 Å². The molecule has 2 bridgehead atoms. The normalized spacial score (nSPS) is 48.8. The fourth-order valence-electron chi connectivity index (χ4n) is 4.49. The minimum atomic E-state index is -0.597. The molecular weight excluding hydrogens is 200 g/mol. The smallest absolute Gasteiger partial charge is 0.0851 e. The van der Waals surface area contributed by atoms with Crippen molar-refractivity contribution in [3.63, 3.8) is 0 Å². The maximum Gasteiger partial charge on any atom is 0.0851 e. The quantitative estimate of drug-likeness (QED) is 0.697. The van der Waals surface area contributed by atoms with Gasteiger partial charge in [0.25, 0.3) is 0 Å². The lowest BCUT2D eigenvalue weighted by Gasteiger charge is -2.64. The van der Waals surface area contributed by atoms with Crippen molar-refractivity contribution >= 4 is 0 Å². The zero-order valence-electron chi connectivity index (χ0n) is 10.5. The summed E-state index contributed by atoms with van der Waals surface area (Å²) >= 11 is 0. The molecule has 1 unspecified atom stereocenters. The first kappa shape index (κ1) is 11.0. The van der Waals surface area contributed by atoms with Gasteiger partial charge in [-0.1, -0.05) is 13.8 Å². The number of aliphatic hydroxyl groups is 1. The van der Waals surface area contributed by atoms with E-state index in [9.17, 15) is 5.11 Å². The second kappa shape index (κ2) is 3.01. The van der Waals surface area contributed by atoms with Gasteiger partial charge in [0, 0.05) is 6.54 Å². The predicted molar refractivity (Wildman–Crippen MR) is 64.0 cm³/mol. The molecule has 3 heterocycles. The van der Waals surface area contributed by atoms with E-state index in [4.69, 9.17) is 5.73 Å². The summed E-state index contributed by atoms with van der Waals surface area (Å²) in [4.78, 5) is 2.43. The first-order valence-corrected chi connectivity index (χ1v) is 6.58. The van der Waals surface area contributed by atoms with Crippen LogP contribution in [0.1, 0.15) is 39.5 Å². The van der Waals surface area contributed by atoms with Crippen LogP contribution in [0.4, 0.5) is 0 Å². The van der Waals surface area contributed by atoms with E-state index < -0.39 is 5.60 Å². The molecule has 4 rings (SSSR count). The Balaban J connectivity index is 1.84. The summed E-state index contributed by atoms with van der Waals surface area (Å²) in [5.74, 6) is 0.540. The van der Waals surface area contributed by atoms with E-state index in [1.54, 1.807) is 0 Å². The van der Waals surface area contributed by atoms with Crippen LogP contribution >= 0.6 is 0 Å². The second-order valence-electron chi connectivity index (χ2n) is 7.14. The van der Waals surface area contributed by atoms with Crippen LogP contribution in [0, 0.1) is 11.3 Å². The predicted octanol–water partition coefficient (Wildman–Crippen LogP) is 0.961. The highest BCUT2D eigenvalue weighted by Crippen LogP contribution is 2.56. The standard InChI is InChI=1S/C13H24N2O/c1-11(2)7-12(16,8-11)13(14)9-15-5-3-10(13)4-6-15/h10,16H,3-9,14H2,1-2H3. The van der Waals surface area contributed by atoms with Crippen molar-refractivity contribution in [3.05, 3.63) is 0 Å². The van der Waals surface area contributed by atoms with Gasteiger partial charge in [-0.3, -0.25) is 0 Å². The summed E-state index contributed by atoms with van der Waals surface area (Å²) in [5, 5.41) is 10.8. The molecule has 3 aliphatic heterocycles. The molecule has 4 aliphatic rings. The highest BCUT2D eigenvalue weighted by Gasteiger charge is 2.63. The molecule has 92 valence electrons. The van der Waals surface area contributed by atoms with Crippen molar-refractivity contribution < 1.29 is 5.11 Å². The Hall–Kier alpha value is -0.120. The van der Waals surface area contributed by atoms with E-state index in [2.05, 4.69) is 18.7 Å². The topological polar surface area (TPSA) is 49.5 Å². The van der Waals surface area contributed by atoms with Gasteiger partial charge in [-0.25, -0.2) is 0 Å². The molecule has 1 atom stereocenters. The van der Waals surface area contributed by atoms with Crippen LogP contribution in [-0.4, -0.2) is 40.8 Å². The van der Waals surface area contributed by atoms with Crippen LogP contribution in [0.15, 0.2) is 0 Å². The van der Waals surface area contributed by atoms with Crippen molar-refractivity contribution in [2.45, 2.75) is 50.7 Å². The highest BCUT2D eigenvalue weighted by molar-refractivity contribution is 5.19. The molecule has 3 heteroatoms. The molecule has 3 saturated heterocycles. The molecule has 0 radical (unpaired) electrons. The zero-order chi connectivity index (χ0) is 11.6. The highest BCUT2D eigenvalue weighted by atomic mass is 16.3. The molecule has 16 heavy (non-hydrogen) atoms. The number of hydrogen-bond donors (Lipinski definition) is 2. The van der Waals surface area contributed by atoms with Crippen molar-refractivity contribution in [3.8, 4) is 0 Å². The summed E-state index contributed by atoms with van der Waals surface area (Å²) in [5.41, 5.74) is 5.97. The van der Waals surface area contributed by atoms with E-state index in [0.29, 0.717) is 5.92 Å². The van der Waals surface area contributed by atoms with E-state index in [0.717, 1.165) is 19.4 Å². The Bertz CT molecular complexity index is 299.